The van der Waals surface area contributed by atoms with Crippen LogP contribution in [0.15, 0.2) is 54.2 Å². The van der Waals surface area contributed by atoms with Crippen LogP contribution in [-0.2, 0) is 5.41 Å². The fraction of sp³-hybridized carbons (Fsp3) is 0.562. The summed E-state index contributed by atoms with van der Waals surface area (Å²) in [7, 11) is 0. The lowest BCUT2D eigenvalue weighted by molar-refractivity contribution is 0.0930. The summed E-state index contributed by atoms with van der Waals surface area (Å²) < 4.78 is 6.06. The molecule has 0 unspecified atom stereocenters. The Balaban J connectivity index is 3.21. The van der Waals surface area contributed by atoms with E-state index in [1.807, 2.05) is 20.8 Å². The third-order valence-corrected chi connectivity index (χ3v) is 7.00. The van der Waals surface area contributed by atoms with E-state index in [9.17, 15) is 5.11 Å². The first-order chi connectivity index (χ1) is 16.7. The maximum Gasteiger partial charge on any atom is 0.125 e. The maximum atomic E-state index is 10.4. The van der Waals surface area contributed by atoms with E-state index < -0.39 is 5.60 Å². The van der Waals surface area contributed by atoms with E-state index in [0.29, 0.717) is 19.3 Å². The van der Waals surface area contributed by atoms with Crippen molar-refractivity contribution in [1.29, 1.82) is 0 Å². The molecule has 0 heterocycles. The predicted octanol–water partition coefficient (Wildman–Crippen LogP) is 7.56. The SMILES string of the molecule is C=C(C)/C=C(\C=C/CC#CC(O)(CC)CC)C(CC)(CC)c1ccc(OCCCCCN)c(C)c1. The van der Waals surface area contributed by atoms with Crippen molar-refractivity contribution >= 4 is 0 Å². The van der Waals surface area contributed by atoms with Gasteiger partial charge in [0.1, 0.15) is 11.4 Å². The second-order valence-corrected chi connectivity index (χ2v) is 9.56. The minimum Gasteiger partial charge on any atom is -0.493 e. The average Bonchev–Trinajstić information content (AvgIpc) is 2.85. The van der Waals surface area contributed by atoms with E-state index in [2.05, 4.69) is 75.6 Å². The molecule has 0 aliphatic carbocycles. The van der Waals surface area contributed by atoms with Crippen molar-refractivity contribution in [3.8, 4) is 17.6 Å². The Hall–Kier alpha value is -2.28. The van der Waals surface area contributed by atoms with Gasteiger partial charge in [0, 0.05) is 11.8 Å². The summed E-state index contributed by atoms with van der Waals surface area (Å²) in [5.41, 5.74) is 9.31. The molecule has 194 valence electrons. The molecule has 0 aliphatic heterocycles. The molecule has 0 amide bonds. The van der Waals surface area contributed by atoms with Gasteiger partial charge in [-0.15, -0.1) is 0 Å². The zero-order valence-electron chi connectivity index (χ0n) is 23.2. The van der Waals surface area contributed by atoms with Crippen molar-refractivity contribution in [1.82, 2.24) is 0 Å². The van der Waals surface area contributed by atoms with E-state index >= 15 is 0 Å². The summed E-state index contributed by atoms with van der Waals surface area (Å²) >= 11 is 0. The molecule has 3 nitrogen and oxygen atoms in total. The van der Waals surface area contributed by atoms with Gasteiger partial charge in [-0.1, -0.05) is 82.0 Å². The van der Waals surface area contributed by atoms with Crippen LogP contribution in [0.2, 0.25) is 0 Å². The van der Waals surface area contributed by atoms with Crippen LogP contribution in [-0.4, -0.2) is 23.9 Å². The number of aliphatic hydroxyl groups is 1. The van der Waals surface area contributed by atoms with Gasteiger partial charge in [-0.05, 0) is 88.1 Å². The van der Waals surface area contributed by atoms with E-state index in [1.54, 1.807) is 0 Å². The van der Waals surface area contributed by atoms with Gasteiger partial charge in [0.25, 0.3) is 0 Å². The van der Waals surface area contributed by atoms with Crippen molar-refractivity contribution in [3.05, 3.63) is 65.3 Å². The fourth-order valence-electron chi connectivity index (χ4n) is 4.45. The van der Waals surface area contributed by atoms with Gasteiger partial charge in [-0.2, -0.15) is 0 Å². The van der Waals surface area contributed by atoms with Crippen LogP contribution < -0.4 is 10.5 Å². The van der Waals surface area contributed by atoms with Crippen LogP contribution in [0.25, 0.3) is 0 Å². The summed E-state index contributed by atoms with van der Waals surface area (Å²) in [6, 6.07) is 6.63. The molecule has 0 atom stereocenters. The van der Waals surface area contributed by atoms with Crippen LogP contribution in [0.1, 0.15) is 97.1 Å². The van der Waals surface area contributed by atoms with Crippen LogP contribution in [0.3, 0.4) is 0 Å². The van der Waals surface area contributed by atoms with Gasteiger partial charge < -0.3 is 15.6 Å². The van der Waals surface area contributed by atoms with E-state index in [4.69, 9.17) is 10.5 Å². The minimum atomic E-state index is -0.882. The zero-order chi connectivity index (χ0) is 26.3. The molecular weight excluding hydrogens is 430 g/mol. The van der Waals surface area contributed by atoms with Crippen molar-refractivity contribution in [2.24, 2.45) is 5.73 Å². The van der Waals surface area contributed by atoms with Gasteiger partial charge in [0.15, 0.2) is 0 Å². The number of hydrogen-bond donors (Lipinski definition) is 2. The number of benzene rings is 1. The monoisotopic (exact) mass is 479 g/mol. The maximum absolute atomic E-state index is 10.4. The van der Waals surface area contributed by atoms with Crippen LogP contribution in [0.4, 0.5) is 0 Å². The quantitative estimate of drug-likeness (QED) is 0.155. The van der Waals surface area contributed by atoms with Crippen LogP contribution >= 0.6 is 0 Å². The van der Waals surface area contributed by atoms with Gasteiger partial charge in [0.2, 0.25) is 0 Å². The molecule has 0 aliphatic rings. The molecule has 0 bridgehead atoms. The Morgan fingerprint density at radius 2 is 1.77 bits per heavy atom. The Morgan fingerprint density at radius 3 is 2.31 bits per heavy atom. The molecule has 35 heavy (non-hydrogen) atoms. The predicted molar refractivity (Wildman–Crippen MR) is 152 cm³/mol. The van der Waals surface area contributed by atoms with Crippen molar-refractivity contribution in [2.75, 3.05) is 13.2 Å². The molecule has 1 aromatic rings. The Labute approximate surface area is 215 Å². The summed E-state index contributed by atoms with van der Waals surface area (Å²) in [5, 5.41) is 10.4. The first-order valence-electron chi connectivity index (χ1n) is 13.4. The number of hydrogen-bond acceptors (Lipinski definition) is 3. The number of unbranched alkanes of at least 4 members (excludes halogenated alkanes) is 2. The van der Waals surface area contributed by atoms with Crippen molar-refractivity contribution < 1.29 is 9.84 Å². The molecule has 0 saturated heterocycles. The molecule has 0 spiro atoms. The number of ether oxygens (including phenoxy) is 1. The standard InChI is InChI=1S/C32H49NO2/c1-8-31(34,9-2)21-15-12-14-18-28(24-26(5)6)32(10-3,11-4)29-19-20-30(27(7)25-29)35-23-17-13-16-22-33/h14,18-20,24-25,34H,5,8-13,16-17,22-23,33H2,1-4,6-7H3/b18-14-,28-24+. The smallest absolute Gasteiger partial charge is 0.125 e. The van der Waals surface area contributed by atoms with Gasteiger partial charge in [-0.25, -0.2) is 0 Å². The number of allylic oxidation sites excluding steroid dienone is 5. The number of nitrogens with two attached hydrogens (primary N) is 1. The molecule has 1 rings (SSSR count). The van der Waals surface area contributed by atoms with Gasteiger partial charge >= 0.3 is 0 Å². The summed E-state index contributed by atoms with van der Waals surface area (Å²) in [6.07, 6.45) is 13.5. The fourth-order valence-corrected chi connectivity index (χ4v) is 4.45. The minimum absolute atomic E-state index is 0.124. The van der Waals surface area contributed by atoms with Crippen molar-refractivity contribution in [3.63, 3.8) is 0 Å². The molecule has 0 radical (unpaired) electrons. The lowest BCUT2D eigenvalue weighted by Gasteiger charge is -2.35. The third kappa shape index (κ3) is 9.36. The van der Waals surface area contributed by atoms with Crippen LogP contribution in [0, 0.1) is 18.8 Å². The molecule has 1 aromatic carbocycles. The topological polar surface area (TPSA) is 55.5 Å². The Bertz CT molecular complexity index is 905. The zero-order valence-corrected chi connectivity index (χ0v) is 23.2. The summed E-state index contributed by atoms with van der Waals surface area (Å²) in [4.78, 5) is 0. The molecule has 0 fully saturated rings. The van der Waals surface area contributed by atoms with E-state index in [1.165, 1.54) is 11.1 Å². The highest BCUT2D eigenvalue weighted by atomic mass is 16.5. The molecule has 0 aromatic heterocycles. The Kier molecular flexibility index (Phi) is 13.8. The molecule has 3 N–H and O–H groups in total. The Morgan fingerprint density at radius 1 is 1.09 bits per heavy atom. The summed E-state index contributed by atoms with van der Waals surface area (Å²) in [6.45, 7) is 18.2. The highest BCUT2D eigenvalue weighted by Gasteiger charge is 2.32. The van der Waals surface area contributed by atoms with Gasteiger partial charge in [0.05, 0.1) is 6.61 Å². The lowest BCUT2D eigenvalue weighted by atomic mass is 9.69. The van der Waals surface area contributed by atoms with E-state index in [0.717, 1.165) is 62.1 Å². The highest BCUT2D eigenvalue weighted by Crippen LogP contribution is 2.41. The second kappa shape index (κ2) is 15.7. The van der Waals surface area contributed by atoms with Crippen LogP contribution in [0.5, 0.6) is 5.75 Å². The van der Waals surface area contributed by atoms with Gasteiger partial charge in [-0.3, -0.25) is 0 Å². The largest absolute Gasteiger partial charge is 0.493 e. The molecular formula is C32H49NO2. The average molecular weight is 480 g/mol. The molecule has 3 heteroatoms. The summed E-state index contributed by atoms with van der Waals surface area (Å²) in [5.74, 6) is 7.16. The first kappa shape index (κ1) is 30.8. The normalized spacial score (nSPS) is 12.5. The first-order valence-corrected chi connectivity index (χ1v) is 13.4. The third-order valence-electron chi connectivity index (χ3n) is 7.00. The lowest BCUT2D eigenvalue weighted by Crippen LogP contribution is -2.27. The highest BCUT2D eigenvalue weighted by molar-refractivity contribution is 5.48. The number of rotatable bonds is 15. The van der Waals surface area contributed by atoms with E-state index in [-0.39, 0.29) is 5.41 Å². The number of aryl methyl sites for hydroxylation is 1. The second-order valence-electron chi connectivity index (χ2n) is 9.56. The van der Waals surface area contributed by atoms with Crippen molar-refractivity contribution in [2.45, 2.75) is 104 Å². The molecule has 0 saturated carbocycles.